The standard InChI is InChI=1S/C20H25N3O2/c1-4-14-5-7-15(8-6-14)19-21-17-9-10-23(18(24)11-13(2)3)12-16(17)20(25)22-19/h5-8,13H,4,9-12H2,1-3H3,(H,21,22,25). The zero-order valence-corrected chi connectivity index (χ0v) is 15.1. The van der Waals surface area contributed by atoms with Gasteiger partial charge in [0.15, 0.2) is 0 Å². The molecule has 0 saturated carbocycles. The summed E-state index contributed by atoms with van der Waals surface area (Å²) in [6.07, 6.45) is 2.13. The third-order valence-corrected chi connectivity index (χ3v) is 4.64. The number of aromatic nitrogens is 2. The van der Waals surface area contributed by atoms with Crippen LogP contribution in [0.25, 0.3) is 11.4 Å². The number of amides is 1. The van der Waals surface area contributed by atoms with Crippen molar-refractivity contribution >= 4 is 5.91 Å². The Labute approximate surface area is 148 Å². The second-order valence-electron chi connectivity index (χ2n) is 7.05. The number of aryl methyl sites for hydroxylation is 1. The molecule has 3 rings (SSSR count). The van der Waals surface area contributed by atoms with E-state index >= 15 is 0 Å². The molecule has 1 aromatic heterocycles. The molecule has 0 radical (unpaired) electrons. The summed E-state index contributed by atoms with van der Waals surface area (Å²) in [5.74, 6) is 1.03. The fraction of sp³-hybridized carbons (Fsp3) is 0.450. The largest absolute Gasteiger partial charge is 0.338 e. The van der Waals surface area contributed by atoms with Crippen LogP contribution >= 0.6 is 0 Å². The van der Waals surface area contributed by atoms with Crippen molar-refractivity contribution in [1.29, 1.82) is 0 Å². The summed E-state index contributed by atoms with van der Waals surface area (Å²) in [4.78, 5) is 34.1. The highest BCUT2D eigenvalue weighted by atomic mass is 16.2. The number of benzene rings is 1. The summed E-state index contributed by atoms with van der Waals surface area (Å²) >= 11 is 0. The van der Waals surface area contributed by atoms with Crippen LogP contribution in [0.3, 0.4) is 0 Å². The summed E-state index contributed by atoms with van der Waals surface area (Å²) < 4.78 is 0. The third kappa shape index (κ3) is 3.81. The molecule has 0 saturated heterocycles. The lowest BCUT2D eigenvalue weighted by atomic mass is 10.0. The first-order valence-electron chi connectivity index (χ1n) is 8.97. The van der Waals surface area contributed by atoms with E-state index in [0.29, 0.717) is 43.2 Å². The number of hydrogen-bond donors (Lipinski definition) is 1. The number of hydrogen-bond acceptors (Lipinski definition) is 3. The van der Waals surface area contributed by atoms with Crippen LogP contribution in [0.1, 0.15) is 44.0 Å². The third-order valence-electron chi connectivity index (χ3n) is 4.64. The van der Waals surface area contributed by atoms with Gasteiger partial charge in [-0.25, -0.2) is 4.98 Å². The van der Waals surface area contributed by atoms with Crippen molar-refractivity contribution in [2.24, 2.45) is 5.92 Å². The summed E-state index contributed by atoms with van der Waals surface area (Å²) in [5, 5.41) is 0. The predicted octanol–water partition coefficient (Wildman–Crippen LogP) is 2.93. The maximum Gasteiger partial charge on any atom is 0.256 e. The molecule has 1 aliphatic rings. The van der Waals surface area contributed by atoms with Gasteiger partial charge < -0.3 is 9.88 Å². The smallest absolute Gasteiger partial charge is 0.256 e. The average Bonchev–Trinajstić information content (AvgIpc) is 2.61. The maximum atomic E-state index is 12.5. The quantitative estimate of drug-likeness (QED) is 0.931. The van der Waals surface area contributed by atoms with E-state index in [2.05, 4.69) is 29.0 Å². The molecule has 5 heteroatoms. The van der Waals surface area contributed by atoms with E-state index in [1.54, 1.807) is 4.90 Å². The van der Waals surface area contributed by atoms with Crippen LogP contribution in [0.5, 0.6) is 0 Å². The van der Waals surface area contributed by atoms with E-state index in [1.807, 2.05) is 26.0 Å². The normalized spacial score (nSPS) is 13.8. The van der Waals surface area contributed by atoms with Crippen LogP contribution in [0.15, 0.2) is 29.1 Å². The molecule has 1 aliphatic heterocycles. The number of carbonyl (C=O) groups is 1. The first-order valence-corrected chi connectivity index (χ1v) is 8.97. The topological polar surface area (TPSA) is 66.1 Å². The van der Waals surface area contributed by atoms with Gasteiger partial charge in [0.05, 0.1) is 17.8 Å². The number of rotatable bonds is 4. The molecule has 0 bridgehead atoms. The Kier molecular flexibility index (Phi) is 5.02. The fourth-order valence-electron chi connectivity index (χ4n) is 3.15. The zero-order valence-electron chi connectivity index (χ0n) is 15.1. The summed E-state index contributed by atoms with van der Waals surface area (Å²) in [6.45, 7) is 7.16. The Morgan fingerprint density at radius 1 is 1.28 bits per heavy atom. The minimum absolute atomic E-state index is 0.110. The van der Waals surface area contributed by atoms with Crippen LogP contribution in [0.4, 0.5) is 0 Å². The first-order chi connectivity index (χ1) is 12.0. The van der Waals surface area contributed by atoms with Crippen molar-refractivity contribution in [3.63, 3.8) is 0 Å². The van der Waals surface area contributed by atoms with Crippen molar-refractivity contribution in [1.82, 2.24) is 14.9 Å². The number of carbonyl (C=O) groups excluding carboxylic acids is 1. The number of H-pyrrole nitrogens is 1. The van der Waals surface area contributed by atoms with Crippen LogP contribution in [0, 0.1) is 5.92 Å². The van der Waals surface area contributed by atoms with Gasteiger partial charge in [-0.15, -0.1) is 0 Å². The van der Waals surface area contributed by atoms with E-state index in [9.17, 15) is 9.59 Å². The zero-order chi connectivity index (χ0) is 18.0. The minimum atomic E-state index is -0.137. The minimum Gasteiger partial charge on any atom is -0.338 e. The number of nitrogens with zero attached hydrogens (tertiary/aromatic N) is 2. The number of aromatic amines is 1. The second-order valence-corrected chi connectivity index (χ2v) is 7.05. The highest BCUT2D eigenvalue weighted by molar-refractivity contribution is 5.76. The molecular weight excluding hydrogens is 314 g/mol. The molecule has 132 valence electrons. The Bertz CT molecular complexity index is 822. The monoisotopic (exact) mass is 339 g/mol. The van der Waals surface area contributed by atoms with Crippen molar-refractivity contribution < 1.29 is 4.79 Å². The van der Waals surface area contributed by atoms with E-state index in [1.165, 1.54) is 5.56 Å². The molecule has 1 N–H and O–H groups in total. The first kappa shape index (κ1) is 17.4. The van der Waals surface area contributed by atoms with E-state index < -0.39 is 0 Å². The Morgan fingerprint density at radius 2 is 2.00 bits per heavy atom. The van der Waals surface area contributed by atoms with Crippen molar-refractivity contribution in [3.05, 3.63) is 51.4 Å². The lowest BCUT2D eigenvalue weighted by Gasteiger charge is -2.28. The van der Waals surface area contributed by atoms with Gasteiger partial charge in [0.25, 0.3) is 5.56 Å². The van der Waals surface area contributed by atoms with Crippen molar-refractivity contribution in [2.45, 2.75) is 46.6 Å². The molecule has 0 aliphatic carbocycles. The molecule has 0 spiro atoms. The Balaban J connectivity index is 1.86. The average molecular weight is 339 g/mol. The SMILES string of the molecule is CCc1ccc(-c2nc3c(c(=O)[nH]2)CN(C(=O)CC(C)C)CC3)cc1. The lowest BCUT2D eigenvalue weighted by Crippen LogP contribution is -2.40. The molecule has 5 nitrogen and oxygen atoms in total. The van der Waals surface area contributed by atoms with Gasteiger partial charge in [0.2, 0.25) is 5.91 Å². The van der Waals surface area contributed by atoms with Gasteiger partial charge in [-0.2, -0.15) is 0 Å². The Hall–Kier alpha value is -2.43. The lowest BCUT2D eigenvalue weighted by molar-refractivity contribution is -0.132. The molecule has 1 amide bonds. The maximum absolute atomic E-state index is 12.5. The van der Waals surface area contributed by atoms with Crippen molar-refractivity contribution in [3.8, 4) is 11.4 Å². The van der Waals surface area contributed by atoms with Gasteiger partial charge in [-0.05, 0) is 17.9 Å². The van der Waals surface area contributed by atoms with E-state index in [4.69, 9.17) is 0 Å². The highest BCUT2D eigenvalue weighted by Gasteiger charge is 2.24. The summed E-state index contributed by atoms with van der Waals surface area (Å²) in [6, 6.07) is 8.10. The van der Waals surface area contributed by atoms with Crippen molar-refractivity contribution in [2.75, 3.05) is 6.54 Å². The molecule has 2 heterocycles. The van der Waals surface area contributed by atoms with Crippen LogP contribution in [0.2, 0.25) is 0 Å². The molecule has 0 unspecified atom stereocenters. The van der Waals surface area contributed by atoms with Gasteiger partial charge in [0.1, 0.15) is 5.82 Å². The van der Waals surface area contributed by atoms with Gasteiger partial charge in [-0.3, -0.25) is 9.59 Å². The van der Waals surface area contributed by atoms with Crippen LogP contribution in [-0.2, 0) is 24.2 Å². The van der Waals surface area contributed by atoms with Gasteiger partial charge >= 0.3 is 0 Å². The molecule has 1 aromatic carbocycles. The highest BCUT2D eigenvalue weighted by Crippen LogP contribution is 2.20. The molecule has 2 aromatic rings. The van der Waals surface area contributed by atoms with E-state index in [-0.39, 0.29) is 11.5 Å². The molecular formula is C20H25N3O2. The van der Waals surface area contributed by atoms with Crippen LogP contribution in [-0.4, -0.2) is 27.3 Å². The van der Waals surface area contributed by atoms with E-state index in [0.717, 1.165) is 17.7 Å². The summed E-state index contributed by atoms with van der Waals surface area (Å²) in [5.41, 5.74) is 3.46. The molecule has 0 atom stereocenters. The molecule has 0 fully saturated rings. The van der Waals surface area contributed by atoms with Crippen LogP contribution < -0.4 is 5.56 Å². The predicted molar refractivity (Wildman–Crippen MR) is 98.2 cm³/mol. The number of nitrogens with one attached hydrogen (secondary N) is 1. The second kappa shape index (κ2) is 7.21. The Morgan fingerprint density at radius 3 is 2.64 bits per heavy atom. The van der Waals surface area contributed by atoms with Gasteiger partial charge in [-0.1, -0.05) is 45.0 Å². The number of fused-ring (bicyclic) bond motifs is 1. The fourth-order valence-corrected chi connectivity index (χ4v) is 3.15. The molecule has 25 heavy (non-hydrogen) atoms. The van der Waals surface area contributed by atoms with Gasteiger partial charge in [0, 0.05) is 24.9 Å². The summed E-state index contributed by atoms with van der Waals surface area (Å²) in [7, 11) is 0.